The fourth-order valence-corrected chi connectivity index (χ4v) is 2.60. The van der Waals surface area contributed by atoms with E-state index >= 15 is 0 Å². The van der Waals surface area contributed by atoms with Crippen LogP contribution in [0.3, 0.4) is 0 Å². The molecule has 4 nitrogen and oxygen atoms in total. The molecule has 2 aromatic carbocycles. The number of hydrogen-bond donors (Lipinski definition) is 1. The van der Waals surface area contributed by atoms with Crippen molar-refractivity contribution in [2.75, 3.05) is 28.3 Å². The first-order chi connectivity index (χ1) is 10.6. The summed E-state index contributed by atoms with van der Waals surface area (Å²) in [4.78, 5) is 2.10. The monoisotopic (exact) mass is 301 g/mol. The summed E-state index contributed by atoms with van der Waals surface area (Å²) in [5, 5.41) is 9.74. The van der Waals surface area contributed by atoms with Gasteiger partial charge in [0.15, 0.2) is 11.5 Å². The van der Waals surface area contributed by atoms with Gasteiger partial charge in [-0.1, -0.05) is 30.3 Å². The minimum absolute atomic E-state index is 0.0169. The van der Waals surface area contributed by atoms with Gasteiger partial charge in [0.05, 0.1) is 20.8 Å². The van der Waals surface area contributed by atoms with Crippen molar-refractivity contribution in [1.29, 1.82) is 0 Å². The van der Waals surface area contributed by atoms with Crippen LogP contribution in [0.25, 0.3) is 11.1 Å². The maximum absolute atomic E-state index is 9.74. The number of methoxy groups -OCH3 is 2. The lowest BCUT2D eigenvalue weighted by atomic mass is 9.96. The molecule has 0 aliphatic carbocycles. The quantitative estimate of drug-likeness (QED) is 0.891. The second kappa shape index (κ2) is 7.29. The van der Waals surface area contributed by atoms with Gasteiger partial charge >= 0.3 is 0 Å². The van der Waals surface area contributed by atoms with Crippen LogP contribution in [0.4, 0.5) is 0 Å². The summed E-state index contributed by atoms with van der Waals surface area (Å²) < 4.78 is 10.9. The Kier molecular flexibility index (Phi) is 5.41. The summed E-state index contributed by atoms with van der Waals surface area (Å²) in [6.07, 6.45) is 0. The lowest BCUT2D eigenvalue weighted by molar-refractivity contribution is 0.282. The average Bonchev–Trinajstić information content (AvgIpc) is 2.53. The summed E-state index contributed by atoms with van der Waals surface area (Å²) >= 11 is 0. The number of benzene rings is 2. The Hall–Kier alpha value is -2.04. The third-order valence-electron chi connectivity index (χ3n) is 3.53. The Labute approximate surface area is 131 Å². The number of nitrogens with zero attached hydrogens (tertiary/aromatic N) is 1. The van der Waals surface area contributed by atoms with Crippen LogP contribution < -0.4 is 9.47 Å². The highest BCUT2D eigenvalue weighted by molar-refractivity contribution is 5.76. The standard InChI is InChI=1S/C18H23NO3/c1-19(2)11-13-8-9-15(14(10-13)12-20)16-6-5-7-17(21-3)18(16)22-4/h5-10,20H,11-12H2,1-4H3. The number of para-hydroxylation sites is 1. The van der Waals surface area contributed by atoms with E-state index in [1.807, 2.05) is 44.4 Å². The third-order valence-corrected chi connectivity index (χ3v) is 3.53. The van der Waals surface area contributed by atoms with Crippen molar-refractivity contribution in [3.63, 3.8) is 0 Å². The topological polar surface area (TPSA) is 41.9 Å². The Bertz CT molecular complexity index is 638. The molecule has 0 aromatic heterocycles. The lowest BCUT2D eigenvalue weighted by Gasteiger charge is -2.17. The fourth-order valence-electron chi connectivity index (χ4n) is 2.60. The Morgan fingerprint density at radius 3 is 2.36 bits per heavy atom. The van der Waals surface area contributed by atoms with E-state index in [2.05, 4.69) is 11.0 Å². The molecular weight excluding hydrogens is 278 g/mol. The zero-order valence-corrected chi connectivity index (χ0v) is 13.6. The molecule has 0 aliphatic rings. The van der Waals surface area contributed by atoms with Crippen LogP contribution in [0.5, 0.6) is 11.5 Å². The molecule has 0 unspecified atom stereocenters. The van der Waals surface area contributed by atoms with Crippen molar-refractivity contribution in [3.8, 4) is 22.6 Å². The third kappa shape index (κ3) is 3.40. The molecule has 0 aliphatic heterocycles. The minimum atomic E-state index is -0.0169. The molecule has 22 heavy (non-hydrogen) atoms. The molecule has 4 heteroatoms. The molecule has 0 fully saturated rings. The molecule has 0 heterocycles. The fraction of sp³-hybridized carbons (Fsp3) is 0.333. The zero-order valence-electron chi connectivity index (χ0n) is 13.6. The number of rotatable bonds is 6. The van der Waals surface area contributed by atoms with Gasteiger partial charge < -0.3 is 19.5 Å². The van der Waals surface area contributed by atoms with Crippen LogP contribution in [-0.2, 0) is 13.2 Å². The van der Waals surface area contributed by atoms with E-state index in [0.717, 1.165) is 23.2 Å². The number of hydrogen-bond acceptors (Lipinski definition) is 4. The van der Waals surface area contributed by atoms with Crippen molar-refractivity contribution in [2.24, 2.45) is 0 Å². The van der Waals surface area contributed by atoms with Gasteiger partial charge in [-0.2, -0.15) is 0 Å². The van der Waals surface area contributed by atoms with Gasteiger partial charge in [0.1, 0.15) is 0 Å². The molecule has 0 saturated carbocycles. The average molecular weight is 301 g/mol. The first kappa shape index (κ1) is 16.3. The second-order valence-electron chi connectivity index (χ2n) is 5.43. The second-order valence-corrected chi connectivity index (χ2v) is 5.43. The zero-order chi connectivity index (χ0) is 16.1. The highest BCUT2D eigenvalue weighted by Crippen LogP contribution is 2.39. The van der Waals surface area contributed by atoms with Crippen molar-refractivity contribution >= 4 is 0 Å². The summed E-state index contributed by atoms with van der Waals surface area (Å²) in [6, 6.07) is 11.9. The van der Waals surface area contributed by atoms with Crippen LogP contribution in [0, 0.1) is 0 Å². The van der Waals surface area contributed by atoms with E-state index < -0.39 is 0 Å². The number of ether oxygens (including phenoxy) is 2. The normalized spacial score (nSPS) is 10.8. The van der Waals surface area contributed by atoms with Gasteiger partial charge in [0.25, 0.3) is 0 Å². The van der Waals surface area contributed by atoms with Gasteiger partial charge in [-0.15, -0.1) is 0 Å². The molecule has 0 atom stereocenters. The van der Waals surface area contributed by atoms with Gasteiger partial charge in [0, 0.05) is 12.1 Å². The predicted octanol–water partition coefficient (Wildman–Crippen LogP) is 2.92. The van der Waals surface area contributed by atoms with Gasteiger partial charge in [-0.25, -0.2) is 0 Å². The van der Waals surface area contributed by atoms with Gasteiger partial charge in [-0.3, -0.25) is 0 Å². The maximum atomic E-state index is 9.74. The molecule has 0 bridgehead atoms. The van der Waals surface area contributed by atoms with E-state index in [0.29, 0.717) is 11.5 Å². The van der Waals surface area contributed by atoms with Crippen LogP contribution in [0.15, 0.2) is 36.4 Å². The molecule has 0 amide bonds. The van der Waals surface area contributed by atoms with Crippen LogP contribution in [0.2, 0.25) is 0 Å². The van der Waals surface area contributed by atoms with E-state index in [1.54, 1.807) is 14.2 Å². The molecule has 2 aromatic rings. The number of aliphatic hydroxyl groups excluding tert-OH is 1. The van der Waals surface area contributed by atoms with Gasteiger partial charge in [0.2, 0.25) is 0 Å². The van der Waals surface area contributed by atoms with Crippen LogP contribution in [0.1, 0.15) is 11.1 Å². The molecule has 118 valence electrons. The van der Waals surface area contributed by atoms with E-state index in [1.165, 1.54) is 5.56 Å². The van der Waals surface area contributed by atoms with E-state index in [9.17, 15) is 5.11 Å². The van der Waals surface area contributed by atoms with Crippen LogP contribution >= 0.6 is 0 Å². The highest BCUT2D eigenvalue weighted by atomic mass is 16.5. The molecule has 0 radical (unpaired) electrons. The van der Waals surface area contributed by atoms with Crippen molar-refractivity contribution < 1.29 is 14.6 Å². The van der Waals surface area contributed by atoms with Crippen molar-refractivity contribution in [2.45, 2.75) is 13.2 Å². The van der Waals surface area contributed by atoms with E-state index in [4.69, 9.17) is 9.47 Å². The lowest BCUT2D eigenvalue weighted by Crippen LogP contribution is -2.11. The molecule has 2 rings (SSSR count). The highest BCUT2D eigenvalue weighted by Gasteiger charge is 2.14. The van der Waals surface area contributed by atoms with Crippen LogP contribution in [-0.4, -0.2) is 38.3 Å². The molecule has 0 saturated heterocycles. The summed E-state index contributed by atoms with van der Waals surface area (Å²) in [5.41, 5.74) is 3.92. The Morgan fingerprint density at radius 2 is 1.77 bits per heavy atom. The minimum Gasteiger partial charge on any atom is -0.493 e. The summed E-state index contributed by atoms with van der Waals surface area (Å²) in [5.74, 6) is 1.36. The summed E-state index contributed by atoms with van der Waals surface area (Å²) in [7, 11) is 7.30. The first-order valence-electron chi connectivity index (χ1n) is 7.19. The molecular formula is C18H23NO3. The van der Waals surface area contributed by atoms with Crippen molar-refractivity contribution in [1.82, 2.24) is 4.90 Å². The van der Waals surface area contributed by atoms with Gasteiger partial charge in [-0.05, 0) is 36.9 Å². The largest absolute Gasteiger partial charge is 0.493 e. The summed E-state index contributed by atoms with van der Waals surface area (Å²) in [6.45, 7) is 0.819. The number of aliphatic hydroxyl groups is 1. The smallest absolute Gasteiger partial charge is 0.168 e. The predicted molar refractivity (Wildman–Crippen MR) is 88.3 cm³/mol. The Balaban J connectivity index is 2.53. The first-order valence-corrected chi connectivity index (χ1v) is 7.19. The molecule has 1 N–H and O–H groups in total. The SMILES string of the molecule is COc1cccc(-c2ccc(CN(C)C)cc2CO)c1OC. The molecule has 0 spiro atoms. The van der Waals surface area contributed by atoms with E-state index in [-0.39, 0.29) is 6.61 Å². The Morgan fingerprint density at radius 1 is 1.00 bits per heavy atom. The van der Waals surface area contributed by atoms with Crippen molar-refractivity contribution in [3.05, 3.63) is 47.5 Å². The maximum Gasteiger partial charge on any atom is 0.168 e.